The summed E-state index contributed by atoms with van der Waals surface area (Å²) in [6, 6.07) is 14.2. The highest BCUT2D eigenvalue weighted by Crippen LogP contribution is 2.32. The second-order valence-electron chi connectivity index (χ2n) is 7.49. The van der Waals surface area contributed by atoms with Crippen molar-refractivity contribution in [2.45, 2.75) is 44.8 Å². The number of alkyl halides is 3. The molecule has 0 spiro atoms. The molecule has 1 aliphatic rings. The molecular formula is C23H29F3N2. The number of hydrogen-bond donors (Lipinski definition) is 1. The molecule has 0 radical (unpaired) electrons. The molecule has 1 heterocycles. The van der Waals surface area contributed by atoms with Gasteiger partial charge in [0, 0.05) is 32.2 Å². The SMILES string of the molecule is CCCCC[C@@H](c1ccc(-c2ccc(C(F)(F)F)cc2)cc1)N1CCNCC1. The van der Waals surface area contributed by atoms with Gasteiger partial charge in [0.2, 0.25) is 0 Å². The van der Waals surface area contributed by atoms with Crippen LogP contribution in [0.25, 0.3) is 11.1 Å². The van der Waals surface area contributed by atoms with E-state index in [2.05, 4.69) is 29.3 Å². The van der Waals surface area contributed by atoms with Gasteiger partial charge in [-0.1, -0.05) is 62.6 Å². The van der Waals surface area contributed by atoms with Gasteiger partial charge in [-0.2, -0.15) is 13.2 Å². The van der Waals surface area contributed by atoms with Crippen LogP contribution in [-0.2, 0) is 6.18 Å². The van der Waals surface area contributed by atoms with Gasteiger partial charge in [-0.05, 0) is 35.2 Å². The largest absolute Gasteiger partial charge is 0.416 e. The Balaban J connectivity index is 1.76. The molecule has 0 saturated carbocycles. The molecule has 2 nitrogen and oxygen atoms in total. The van der Waals surface area contributed by atoms with Gasteiger partial charge in [-0.25, -0.2) is 0 Å². The lowest BCUT2D eigenvalue weighted by Gasteiger charge is -2.35. The van der Waals surface area contributed by atoms with Crippen molar-refractivity contribution in [2.75, 3.05) is 26.2 Å². The van der Waals surface area contributed by atoms with Crippen LogP contribution < -0.4 is 5.32 Å². The minimum Gasteiger partial charge on any atom is -0.314 e. The summed E-state index contributed by atoms with van der Waals surface area (Å²) in [5.41, 5.74) is 2.45. The number of benzene rings is 2. The number of piperazine rings is 1. The monoisotopic (exact) mass is 390 g/mol. The molecule has 1 aliphatic heterocycles. The highest BCUT2D eigenvalue weighted by atomic mass is 19.4. The van der Waals surface area contributed by atoms with Crippen LogP contribution in [-0.4, -0.2) is 31.1 Å². The predicted molar refractivity (Wildman–Crippen MR) is 108 cm³/mol. The van der Waals surface area contributed by atoms with Gasteiger partial charge in [0.1, 0.15) is 0 Å². The van der Waals surface area contributed by atoms with E-state index in [1.165, 1.54) is 24.8 Å². The zero-order chi connectivity index (χ0) is 20.0. The lowest BCUT2D eigenvalue weighted by Crippen LogP contribution is -2.45. The van der Waals surface area contributed by atoms with Crippen LogP contribution in [0.15, 0.2) is 48.5 Å². The molecular weight excluding hydrogens is 361 g/mol. The first kappa shape index (κ1) is 20.9. The van der Waals surface area contributed by atoms with Gasteiger partial charge in [0.15, 0.2) is 0 Å². The normalized spacial score (nSPS) is 16.9. The fourth-order valence-corrected chi connectivity index (χ4v) is 3.89. The van der Waals surface area contributed by atoms with E-state index < -0.39 is 11.7 Å². The molecule has 152 valence electrons. The van der Waals surface area contributed by atoms with Crippen LogP contribution in [0, 0.1) is 0 Å². The number of nitrogens with one attached hydrogen (secondary N) is 1. The van der Waals surface area contributed by atoms with Gasteiger partial charge in [-0.15, -0.1) is 0 Å². The smallest absolute Gasteiger partial charge is 0.314 e. The summed E-state index contributed by atoms with van der Waals surface area (Å²) in [5, 5.41) is 3.41. The quantitative estimate of drug-likeness (QED) is 0.592. The van der Waals surface area contributed by atoms with Crippen LogP contribution in [0.5, 0.6) is 0 Å². The molecule has 5 heteroatoms. The Kier molecular flexibility index (Phi) is 7.13. The van der Waals surface area contributed by atoms with E-state index in [9.17, 15) is 13.2 Å². The maximum absolute atomic E-state index is 12.8. The van der Waals surface area contributed by atoms with E-state index in [0.29, 0.717) is 6.04 Å². The molecule has 28 heavy (non-hydrogen) atoms. The van der Waals surface area contributed by atoms with Gasteiger partial charge >= 0.3 is 6.18 Å². The van der Waals surface area contributed by atoms with Crippen LogP contribution in [0.1, 0.15) is 49.8 Å². The molecule has 3 rings (SSSR count). The van der Waals surface area contributed by atoms with E-state index in [4.69, 9.17) is 0 Å². The number of unbranched alkanes of at least 4 members (excludes halogenated alkanes) is 2. The van der Waals surface area contributed by atoms with Crippen LogP contribution in [0.3, 0.4) is 0 Å². The first-order valence-electron chi connectivity index (χ1n) is 10.2. The zero-order valence-corrected chi connectivity index (χ0v) is 16.4. The molecule has 0 aromatic heterocycles. The molecule has 1 N–H and O–H groups in total. The van der Waals surface area contributed by atoms with Crippen molar-refractivity contribution in [1.29, 1.82) is 0 Å². The highest BCUT2D eigenvalue weighted by molar-refractivity contribution is 5.64. The summed E-state index contributed by atoms with van der Waals surface area (Å²) >= 11 is 0. The first-order valence-corrected chi connectivity index (χ1v) is 10.2. The third kappa shape index (κ3) is 5.36. The Morgan fingerprint density at radius 2 is 1.46 bits per heavy atom. The molecule has 1 fully saturated rings. The van der Waals surface area contributed by atoms with Gasteiger partial charge in [0.25, 0.3) is 0 Å². The van der Waals surface area contributed by atoms with E-state index in [0.717, 1.165) is 55.9 Å². The third-order valence-electron chi connectivity index (χ3n) is 5.51. The maximum Gasteiger partial charge on any atom is 0.416 e. The molecule has 2 aromatic rings. The van der Waals surface area contributed by atoms with Gasteiger partial charge in [-0.3, -0.25) is 4.90 Å². The summed E-state index contributed by atoms with van der Waals surface area (Å²) in [6.45, 7) is 6.37. The van der Waals surface area contributed by atoms with Crippen molar-refractivity contribution >= 4 is 0 Å². The topological polar surface area (TPSA) is 15.3 Å². The molecule has 0 aliphatic carbocycles. The predicted octanol–water partition coefficient (Wildman–Crippen LogP) is 5.90. The van der Waals surface area contributed by atoms with Crippen LogP contribution in [0.4, 0.5) is 13.2 Å². The van der Waals surface area contributed by atoms with Gasteiger partial charge < -0.3 is 5.32 Å². The van der Waals surface area contributed by atoms with Crippen molar-refractivity contribution in [3.8, 4) is 11.1 Å². The van der Waals surface area contributed by atoms with Crippen molar-refractivity contribution in [2.24, 2.45) is 0 Å². The van der Waals surface area contributed by atoms with Gasteiger partial charge in [0.05, 0.1) is 5.56 Å². The summed E-state index contributed by atoms with van der Waals surface area (Å²) in [5.74, 6) is 0. The minimum absolute atomic E-state index is 0.412. The summed E-state index contributed by atoms with van der Waals surface area (Å²) in [6.07, 6.45) is 0.518. The molecule has 1 atom stereocenters. The maximum atomic E-state index is 12.8. The van der Waals surface area contributed by atoms with Crippen LogP contribution >= 0.6 is 0 Å². The van der Waals surface area contributed by atoms with Crippen molar-refractivity contribution < 1.29 is 13.2 Å². The number of nitrogens with zero attached hydrogens (tertiary/aromatic N) is 1. The molecule has 1 saturated heterocycles. The lowest BCUT2D eigenvalue weighted by molar-refractivity contribution is -0.137. The Labute approximate surface area is 165 Å². The number of halogens is 3. The highest BCUT2D eigenvalue weighted by Gasteiger charge is 2.30. The molecule has 2 aromatic carbocycles. The standard InChI is InChI=1S/C23H29F3N2/c1-2-3-4-5-22(28-16-14-27-15-17-28)20-8-6-18(7-9-20)19-10-12-21(13-11-19)23(24,25)26/h6-13,22,27H,2-5,14-17H2,1H3/t22-/m0/s1. The molecule has 0 bridgehead atoms. The second kappa shape index (κ2) is 9.57. The Hall–Kier alpha value is -1.85. The minimum atomic E-state index is -4.29. The van der Waals surface area contributed by atoms with Crippen molar-refractivity contribution in [1.82, 2.24) is 10.2 Å². The van der Waals surface area contributed by atoms with E-state index in [1.54, 1.807) is 12.1 Å². The van der Waals surface area contributed by atoms with E-state index >= 15 is 0 Å². The Bertz CT molecular complexity index is 717. The van der Waals surface area contributed by atoms with Crippen molar-refractivity contribution in [3.63, 3.8) is 0 Å². The Morgan fingerprint density at radius 1 is 0.893 bits per heavy atom. The zero-order valence-electron chi connectivity index (χ0n) is 16.4. The average molecular weight is 390 g/mol. The summed E-state index contributed by atoms with van der Waals surface area (Å²) < 4.78 is 38.3. The fraction of sp³-hybridized carbons (Fsp3) is 0.478. The van der Waals surface area contributed by atoms with Crippen molar-refractivity contribution in [3.05, 3.63) is 59.7 Å². The second-order valence-corrected chi connectivity index (χ2v) is 7.49. The third-order valence-corrected chi connectivity index (χ3v) is 5.51. The fourth-order valence-electron chi connectivity index (χ4n) is 3.89. The molecule has 0 unspecified atom stereocenters. The number of hydrogen-bond acceptors (Lipinski definition) is 2. The summed E-state index contributed by atoms with van der Waals surface area (Å²) in [4.78, 5) is 2.55. The molecule has 0 amide bonds. The summed E-state index contributed by atoms with van der Waals surface area (Å²) in [7, 11) is 0. The first-order chi connectivity index (χ1) is 13.5. The van der Waals surface area contributed by atoms with E-state index in [1.807, 2.05) is 12.1 Å². The van der Waals surface area contributed by atoms with E-state index in [-0.39, 0.29) is 0 Å². The lowest BCUT2D eigenvalue weighted by atomic mass is 9.95. The number of rotatable bonds is 7. The van der Waals surface area contributed by atoms with Crippen LogP contribution in [0.2, 0.25) is 0 Å². The Morgan fingerprint density at radius 3 is 2.00 bits per heavy atom. The average Bonchev–Trinajstić information content (AvgIpc) is 2.72.